The quantitative estimate of drug-likeness (QED) is 0.401. The molecule has 1 heteroatoms. The first-order valence-electron chi connectivity index (χ1n) is 7.36. The molecular weight excluding hydrogens is 242 g/mol. The van der Waals surface area contributed by atoms with E-state index in [1.54, 1.807) is 0 Å². The highest BCUT2D eigenvalue weighted by Gasteiger charge is 2.16. The van der Waals surface area contributed by atoms with E-state index in [4.69, 9.17) is 0 Å². The van der Waals surface area contributed by atoms with Crippen LogP contribution in [0, 0.1) is 0 Å². The molecule has 2 aromatic heterocycles. The van der Waals surface area contributed by atoms with Crippen LogP contribution in [0.1, 0.15) is 17.7 Å². The third kappa shape index (κ3) is 1.18. The lowest BCUT2D eigenvalue weighted by molar-refractivity contribution is 0.820. The molecule has 1 aliphatic heterocycles. The highest BCUT2D eigenvalue weighted by atomic mass is 14.9. The molecule has 0 spiro atoms. The van der Waals surface area contributed by atoms with E-state index in [0.717, 1.165) is 0 Å². The molecule has 0 bridgehead atoms. The molecule has 0 aliphatic carbocycles. The van der Waals surface area contributed by atoms with Crippen LogP contribution < -0.4 is 0 Å². The van der Waals surface area contributed by atoms with Crippen LogP contribution in [-0.2, 0) is 12.8 Å². The Bertz CT molecular complexity index is 975. The molecule has 20 heavy (non-hydrogen) atoms. The minimum Gasteiger partial charge on any atom is -0.313 e. The molecule has 1 nitrogen and oxygen atoms in total. The summed E-state index contributed by atoms with van der Waals surface area (Å²) in [5.41, 5.74) is 5.74. The minimum atomic E-state index is 1.18. The zero-order valence-electron chi connectivity index (χ0n) is 11.3. The van der Waals surface area contributed by atoms with Crippen molar-refractivity contribution in [1.82, 2.24) is 4.40 Å². The highest BCUT2D eigenvalue weighted by Crippen LogP contribution is 2.35. The number of para-hydroxylation sites is 1. The molecule has 2 aromatic carbocycles. The van der Waals surface area contributed by atoms with Crippen molar-refractivity contribution in [3.63, 3.8) is 0 Å². The molecule has 0 N–H and O–H groups in total. The normalized spacial score (nSPS) is 14.4. The van der Waals surface area contributed by atoms with E-state index in [-0.39, 0.29) is 0 Å². The topological polar surface area (TPSA) is 4.41 Å². The summed E-state index contributed by atoms with van der Waals surface area (Å²) >= 11 is 0. The zero-order valence-corrected chi connectivity index (χ0v) is 11.3. The van der Waals surface area contributed by atoms with Gasteiger partial charge in [0, 0.05) is 16.5 Å². The second kappa shape index (κ2) is 3.63. The van der Waals surface area contributed by atoms with Crippen molar-refractivity contribution in [2.45, 2.75) is 19.3 Å². The van der Waals surface area contributed by atoms with Gasteiger partial charge in [-0.3, -0.25) is 0 Å². The van der Waals surface area contributed by atoms with E-state index in [1.165, 1.54) is 57.7 Å². The third-order valence-corrected chi connectivity index (χ3v) is 4.68. The van der Waals surface area contributed by atoms with Crippen molar-refractivity contribution in [1.29, 1.82) is 0 Å². The van der Waals surface area contributed by atoms with E-state index < -0.39 is 0 Å². The minimum absolute atomic E-state index is 1.18. The van der Waals surface area contributed by atoms with Gasteiger partial charge in [-0.1, -0.05) is 42.5 Å². The average molecular weight is 257 g/mol. The lowest BCUT2D eigenvalue weighted by Gasteiger charge is -2.12. The van der Waals surface area contributed by atoms with Gasteiger partial charge in [-0.15, -0.1) is 0 Å². The van der Waals surface area contributed by atoms with Crippen LogP contribution in [0.25, 0.3) is 27.2 Å². The first-order valence-corrected chi connectivity index (χ1v) is 7.36. The number of aryl methyl sites for hydroxylation is 2. The number of rotatable bonds is 0. The molecular formula is C19H15N. The Hall–Kier alpha value is -2.28. The van der Waals surface area contributed by atoms with Crippen molar-refractivity contribution in [3.8, 4) is 0 Å². The summed E-state index contributed by atoms with van der Waals surface area (Å²) in [6.07, 6.45) is 3.61. The van der Waals surface area contributed by atoms with Crippen molar-refractivity contribution >= 4 is 27.2 Å². The Kier molecular flexibility index (Phi) is 1.91. The standard InChI is InChI=1S/C19H15N/c1-2-9-16-15(8-1)17-10-4-6-13-5-3-7-14-11-12-18(16)20(14)19(13)17/h1-2,4,6,8-12H,3,5,7H2. The number of pyridine rings is 1. The Labute approximate surface area is 117 Å². The van der Waals surface area contributed by atoms with Gasteiger partial charge in [0.1, 0.15) is 0 Å². The van der Waals surface area contributed by atoms with Gasteiger partial charge in [0.25, 0.3) is 0 Å². The van der Waals surface area contributed by atoms with Gasteiger partial charge >= 0.3 is 0 Å². The zero-order chi connectivity index (χ0) is 13.1. The first-order chi connectivity index (χ1) is 9.93. The number of nitrogens with zero attached hydrogens (tertiary/aromatic N) is 1. The van der Waals surface area contributed by atoms with Crippen molar-refractivity contribution in [2.75, 3.05) is 0 Å². The Morgan fingerprint density at radius 2 is 1.55 bits per heavy atom. The van der Waals surface area contributed by atoms with Crippen LogP contribution in [0.3, 0.4) is 0 Å². The van der Waals surface area contributed by atoms with Gasteiger partial charge in [0.2, 0.25) is 0 Å². The summed E-state index contributed by atoms with van der Waals surface area (Å²) in [4.78, 5) is 0. The van der Waals surface area contributed by atoms with Gasteiger partial charge < -0.3 is 4.40 Å². The van der Waals surface area contributed by atoms with Crippen molar-refractivity contribution in [3.05, 3.63) is 65.9 Å². The van der Waals surface area contributed by atoms with Crippen molar-refractivity contribution in [2.24, 2.45) is 0 Å². The summed E-state index contributed by atoms with van der Waals surface area (Å²) in [5.74, 6) is 0. The number of hydrogen-bond acceptors (Lipinski definition) is 0. The lowest BCUT2D eigenvalue weighted by atomic mass is 10.0. The predicted molar refractivity (Wildman–Crippen MR) is 84.4 cm³/mol. The fourth-order valence-electron chi connectivity index (χ4n) is 3.82. The fraction of sp³-hybridized carbons (Fsp3) is 0.158. The average Bonchev–Trinajstić information content (AvgIpc) is 2.83. The van der Waals surface area contributed by atoms with Crippen LogP contribution >= 0.6 is 0 Å². The maximum Gasteiger partial charge on any atom is 0.0569 e. The third-order valence-electron chi connectivity index (χ3n) is 4.68. The number of hydrogen-bond donors (Lipinski definition) is 0. The van der Waals surface area contributed by atoms with Gasteiger partial charge in [-0.2, -0.15) is 0 Å². The van der Waals surface area contributed by atoms with E-state index in [1.807, 2.05) is 0 Å². The van der Waals surface area contributed by atoms with E-state index in [0.29, 0.717) is 0 Å². The lowest BCUT2D eigenvalue weighted by Crippen LogP contribution is -1.95. The van der Waals surface area contributed by atoms with E-state index in [9.17, 15) is 0 Å². The predicted octanol–water partition coefficient (Wildman–Crippen LogP) is 4.73. The van der Waals surface area contributed by atoms with Crippen LogP contribution in [0.4, 0.5) is 0 Å². The summed E-state index contributed by atoms with van der Waals surface area (Å²) < 4.78 is 2.50. The number of benzene rings is 2. The molecule has 0 saturated heterocycles. The van der Waals surface area contributed by atoms with Crippen LogP contribution in [0.2, 0.25) is 0 Å². The summed E-state index contributed by atoms with van der Waals surface area (Å²) in [7, 11) is 0. The molecule has 96 valence electrons. The molecule has 0 fully saturated rings. The molecule has 0 unspecified atom stereocenters. The smallest absolute Gasteiger partial charge is 0.0569 e. The molecule has 1 aliphatic rings. The largest absolute Gasteiger partial charge is 0.313 e. The Balaban J connectivity index is 2.23. The fourth-order valence-corrected chi connectivity index (χ4v) is 3.82. The molecule has 3 heterocycles. The molecule has 0 amide bonds. The van der Waals surface area contributed by atoms with Crippen LogP contribution in [-0.4, -0.2) is 4.40 Å². The van der Waals surface area contributed by atoms with Gasteiger partial charge in [0.15, 0.2) is 0 Å². The monoisotopic (exact) mass is 257 g/mol. The summed E-state index contributed by atoms with van der Waals surface area (Å²) in [5, 5.41) is 4.14. The van der Waals surface area contributed by atoms with Crippen LogP contribution in [0.5, 0.6) is 0 Å². The molecule has 0 atom stereocenters. The number of aromatic nitrogens is 1. The highest BCUT2D eigenvalue weighted by molar-refractivity contribution is 6.13. The van der Waals surface area contributed by atoms with Crippen molar-refractivity contribution < 1.29 is 0 Å². The Morgan fingerprint density at radius 3 is 2.50 bits per heavy atom. The molecule has 0 saturated carbocycles. The summed E-state index contributed by atoms with van der Waals surface area (Å²) in [6, 6.07) is 20.2. The van der Waals surface area contributed by atoms with E-state index >= 15 is 0 Å². The van der Waals surface area contributed by atoms with E-state index in [2.05, 4.69) is 59.0 Å². The van der Waals surface area contributed by atoms with Gasteiger partial charge in [0.05, 0.1) is 11.0 Å². The summed E-state index contributed by atoms with van der Waals surface area (Å²) in [6.45, 7) is 0. The number of fused-ring (bicyclic) bond motifs is 3. The SMILES string of the molecule is c1ccc2c(c1)c1cccc3c1n1c(ccc21)CCC3. The second-order valence-corrected chi connectivity index (χ2v) is 5.76. The van der Waals surface area contributed by atoms with Crippen LogP contribution in [0.15, 0.2) is 54.6 Å². The maximum absolute atomic E-state index is 2.50. The van der Waals surface area contributed by atoms with Gasteiger partial charge in [-0.25, -0.2) is 0 Å². The maximum atomic E-state index is 2.50. The molecule has 4 aromatic rings. The Morgan fingerprint density at radius 1 is 0.700 bits per heavy atom. The molecule has 0 radical (unpaired) electrons. The first kappa shape index (κ1) is 10.5. The molecule has 5 rings (SSSR count). The second-order valence-electron chi connectivity index (χ2n) is 5.76. The van der Waals surface area contributed by atoms with Gasteiger partial charge in [-0.05, 0) is 42.3 Å².